The normalized spacial score (nSPS) is 30.2. The van der Waals surface area contributed by atoms with Gasteiger partial charge in [0.15, 0.2) is 4.33 Å². The first-order valence-electron chi connectivity index (χ1n) is 5.83. The predicted octanol–water partition coefficient (Wildman–Crippen LogP) is 5.71. The zero-order chi connectivity index (χ0) is 12.5. The fraction of sp³-hybridized carbons (Fsp3) is 0.538. The topological polar surface area (TPSA) is 0 Å². The summed E-state index contributed by atoms with van der Waals surface area (Å²) in [7, 11) is 0. The van der Waals surface area contributed by atoms with Crippen LogP contribution >= 0.6 is 46.6 Å². The third kappa shape index (κ3) is 2.58. The Morgan fingerprint density at radius 1 is 1.18 bits per heavy atom. The predicted molar refractivity (Wildman–Crippen MR) is 78.3 cm³/mol. The number of thioether (sulfide) groups is 1. The van der Waals surface area contributed by atoms with Gasteiger partial charge in [0.2, 0.25) is 0 Å². The van der Waals surface area contributed by atoms with Crippen LogP contribution in [0, 0.1) is 5.92 Å². The van der Waals surface area contributed by atoms with Gasteiger partial charge in [-0.15, -0.1) is 11.6 Å². The Hall–Kier alpha value is 0.440. The van der Waals surface area contributed by atoms with Crippen LogP contribution in [0.2, 0.25) is 0 Å². The standard InChI is InChI=1S/C13H15Cl3S/c1-2-3-9-11-12(14,15)13(11,16)17-10-7-5-4-6-8-10/h4-8,11H,2-3,9H2,1H3. The van der Waals surface area contributed by atoms with E-state index in [-0.39, 0.29) is 5.92 Å². The highest BCUT2D eigenvalue weighted by molar-refractivity contribution is 8.02. The van der Waals surface area contributed by atoms with Crippen molar-refractivity contribution in [3.8, 4) is 0 Å². The third-order valence-corrected chi connectivity index (χ3v) is 6.86. The Balaban J connectivity index is 2.05. The van der Waals surface area contributed by atoms with E-state index in [4.69, 9.17) is 34.8 Å². The second kappa shape index (κ2) is 5.21. The first-order valence-corrected chi connectivity index (χ1v) is 7.78. The van der Waals surface area contributed by atoms with Crippen molar-refractivity contribution in [3.63, 3.8) is 0 Å². The van der Waals surface area contributed by atoms with Gasteiger partial charge in [0.05, 0.1) is 0 Å². The smallest absolute Gasteiger partial charge is 0.103 e. The van der Waals surface area contributed by atoms with E-state index < -0.39 is 8.54 Å². The SMILES string of the molecule is CCCCC1C(Cl)(Cl)C1(Cl)Sc1ccccc1. The van der Waals surface area contributed by atoms with Crippen LogP contribution in [0.3, 0.4) is 0 Å². The summed E-state index contributed by atoms with van der Waals surface area (Å²) in [6.07, 6.45) is 3.26. The van der Waals surface area contributed by atoms with Crippen molar-refractivity contribution >= 4 is 46.6 Å². The Labute approximate surface area is 122 Å². The Bertz CT molecular complexity index is 380. The molecule has 1 fully saturated rings. The summed E-state index contributed by atoms with van der Waals surface area (Å²) in [5, 5.41) is 0. The van der Waals surface area contributed by atoms with E-state index in [1.54, 1.807) is 11.8 Å². The first kappa shape index (κ1) is 13.9. The molecule has 0 amide bonds. The van der Waals surface area contributed by atoms with E-state index in [0.29, 0.717) is 0 Å². The second-order valence-corrected chi connectivity index (χ2v) is 7.90. The Morgan fingerprint density at radius 2 is 1.82 bits per heavy atom. The van der Waals surface area contributed by atoms with Gasteiger partial charge in [-0.1, -0.05) is 72.9 Å². The number of halogens is 3. The van der Waals surface area contributed by atoms with Crippen molar-refractivity contribution in [2.24, 2.45) is 5.92 Å². The number of hydrogen-bond donors (Lipinski definition) is 0. The first-order chi connectivity index (χ1) is 8.02. The van der Waals surface area contributed by atoms with Crippen molar-refractivity contribution in [1.82, 2.24) is 0 Å². The maximum atomic E-state index is 6.57. The maximum absolute atomic E-state index is 6.57. The lowest BCUT2D eigenvalue weighted by molar-refractivity contribution is 0.646. The van der Waals surface area contributed by atoms with Crippen LogP contribution < -0.4 is 0 Å². The minimum absolute atomic E-state index is 0.171. The highest BCUT2D eigenvalue weighted by Gasteiger charge is 2.75. The number of alkyl halides is 3. The zero-order valence-corrected chi connectivity index (χ0v) is 12.7. The average molecular weight is 310 g/mol. The van der Waals surface area contributed by atoms with Gasteiger partial charge in [0.1, 0.15) is 4.21 Å². The molecule has 1 aliphatic rings. The molecule has 0 spiro atoms. The lowest BCUT2D eigenvalue weighted by atomic mass is 10.2. The maximum Gasteiger partial charge on any atom is 0.152 e. The fourth-order valence-corrected chi connectivity index (χ4v) is 5.07. The molecule has 2 atom stereocenters. The van der Waals surface area contributed by atoms with Crippen LogP contribution in [0.5, 0.6) is 0 Å². The van der Waals surface area contributed by atoms with Crippen LogP contribution in [0.4, 0.5) is 0 Å². The molecule has 0 radical (unpaired) electrons. The van der Waals surface area contributed by atoms with Crippen molar-refractivity contribution in [2.75, 3.05) is 0 Å². The third-order valence-electron chi connectivity index (χ3n) is 3.11. The van der Waals surface area contributed by atoms with Gasteiger partial charge < -0.3 is 0 Å². The van der Waals surface area contributed by atoms with Crippen molar-refractivity contribution in [3.05, 3.63) is 30.3 Å². The highest BCUT2D eigenvalue weighted by Crippen LogP contribution is 2.74. The molecule has 1 aliphatic carbocycles. The number of hydrogen-bond acceptors (Lipinski definition) is 1. The molecule has 0 saturated heterocycles. The van der Waals surface area contributed by atoms with Gasteiger partial charge in [0, 0.05) is 10.8 Å². The largest absolute Gasteiger partial charge is 0.152 e. The summed E-state index contributed by atoms with van der Waals surface area (Å²) >= 11 is 20.8. The average Bonchev–Trinajstić information content (AvgIpc) is 2.70. The van der Waals surface area contributed by atoms with Crippen LogP contribution in [-0.4, -0.2) is 8.54 Å². The van der Waals surface area contributed by atoms with Gasteiger partial charge in [-0.05, 0) is 18.6 Å². The molecule has 0 aromatic heterocycles. The highest BCUT2D eigenvalue weighted by atomic mass is 35.5. The summed E-state index contributed by atoms with van der Waals surface area (Å²) in [5.41, 5.74) is 0. The summed E-state index contributed by atoms with van der Waals surface area (Å²) in [6, 6.07) is 10.1. The van der Waals surface area contributed by atoms with Crippen LogP contribution in [0.1, 0.15) is 26.2 Å². The minimum atomic E-state index is -0.801. The molecule has 2 rings (SSSR count). The van der Waals surface area contributed by atoms with Gasteiger partial charge in [0.25, 0.3) is 0 Å². The minimum Gasteiger partial charge on any atom is -0.103 e. The van der Waals surface area contributed by atoms with E-state index in [1.165, 1.54) is 0 Å². The molecule has 0 heterocycles. The Morgan fingerprint density at radius 3 is 2.41 bits per heavy atom. The molecule has 0 nitrogen and oxygen atoms in total. The summed E-state index contributed by atoms with van der Waals surface area (Å²) in [5.74, 6) is 0.171. The van der Waals surface area contributed by atoms with Gasteiger partial charge >= 0.3 is 0 Å². The quantitative estimate of drug-likeness (QED) is 0.628. The molecule has 0 aliphatic heterocycles. The van der Waals surface area contributed by atoms with Crippen molar-refractivity contribution < 1.29 is 0 Å². The van der Waals surface area contributed by atoms with Crippen LogP contribution in [0.25, 0.3) is 0 Å². The van der Waals surface area contributed by atoms with Gasteiger partial charge in [-0.3, -0.25) is 0 Å². The molecule has 17 heavy (non-hydrogen) atoms. The van der Waals surface area contributed by atoms with Crippen molar-refractivity contribution in [1.29, 1.82) is 0 Å². The molecule has 4 heteroatoms. The molecule has 1 aromatic rings. The molecule has 1 saturated carbocycles. The molecule has 0 N–H and O–H groups in total. The molecule has 1 aromatic carbocycles. The molecular formula is C13H15Cl3S. The molecule has 94 valence electrons. The number of unbranched alkanes of at least 4 members (excludes halogenated alkanes) is 1. The summed E-state index contributed by atoms with van der Waals surface area (Å²) in [6.45, 7) is 2.16. The Kier molecular flexibility index (Phi) is 4.24. The monoisotopic (exact) mass is 308 g/mol. The summed E-state index contributed by atoms with van der Waals surface area (Å²) < 4.78 is -1.36. The summed E-state index contributed by atoms with van der Waals surface area (Å²) in [4.78, 5) is 1.12. The van der Waals surface area contributed by atoms with E-state index >= 15 is 0 Å². The van der Waals surface area contributed by atoms with E-state index in [1.807, 2.05) is 30.3 Å². The van der Waals surface area contributed by atoms with Crippen LogP contribution in [-0.2, 0) is 0 Å². The van der Waals surface area contributed by atoms with Gasteiger partial charge in [-0.25, -0.2) is 0 Å². The molecular weight excluding hydrogens is 295 g/mol. The van der Waals surface area contributed by atoms with E-state index in [2.05, 4.69) is 6.92 Å². The van der Waals surface area contributed by atoms with Crippen LogP contribution in [0.15, 0.2) is 35.2 Å². The number of benzene rings is 1. The fourth-order valence-electron chi connectivity index (χ4n) is 1.99. The lowest BCUT2D eigenvalue weighted by Gasteiger charge is -2.09. The second-order valence-electron chi connectivity index (χ2n) is 4.38. The molecule has 2 unspecified atom stereocenters. The number of rotatable bonds is 5. The lowest BCUT2D eigenvalue weighted by Crippen LogP contribution is -2.02. The van der Waals surface area contributed by atoms with E-state index in [9.17, 15) is 0 Å². The van der Waals surface area contributed by atoms with E-state index in [0.717, 1.165) is 24.2 Å². The molecule has 0 bridgehead atoms. The zero-order valence-electron chi connectivity index (χ0n) is 9.63. The van der Waals surface area contributed by atoms with Crippen molar-refractivity contribution in [2.45, 2.75) is 39.6 Å². The van der Waals surface area contributed by atoms with Gasteiger partial charge in [-0.2, -0.15) is 0 Å².